The molecule has 0 fully saturated rings. The van der Waals surface area contributed by atoms with Crippen LogP contribution in [0.1, 0.15) is 0 Å². The summed E-state index contributed by atoms with van der Waals surface area (Å²) in [7, 11) is 5.62. The van der Waals surface area contributed by atoms with Crippen molar-refractivity contribution in [1.29, 1.82) is 0 Å². The highest BCUT2D eigenvalue weighted by molar-refractivity contribution is 6.46. The number of hydrogen-bond donors (Lipinski definition) is 0. The summed E-state index contributed by atoms with van der Waals surface area (Å²) < 4.78 is 0. The number of fused-ring (bicyclic) bond motifs is 1. The summed E-state index contributed by atoms with van der Waals surface area (Å²) in [5.41, 5.74) is 1.28. The molecule has 0 unspecified atom stereocenters. The van der Waals surface area contributed by atoms with Crippen LogP contribution in [0.2, 0.25) is 10.0 Å². The van der Waals surface area contributed by atoms with Crippen molar-refractivity contribution in [2.24, 2.45) is 0 Å². The molecule has 13 heavy (non-hydrogen) atoms. The zero-order chi connectivity index (χ0) is 9.42. The van der Waals surface area contributed by atoms with Crippen molar-refractivity contribution >= 4 is 47.4 Å². The molecule has 0 aliphatic rings. The highest BCUT2D eigenvalue weighted by atomic mass is 35.5. The Morgan fingerprint density at radius 1 is 1.15 bits per heavy atom. The Morgan fingerprint density at radius 2 is 1.92 bits per heavy atom. The summed E-state index contributed by atoms with van der Waals surface area (Å²) in [5.74, 6) is 0. The topological polar surface area (TPSA) is 12.9 Å². The lowest BCUT2D eigenvalue weighted by molar-refractivity contribution is 1.42. The molecule has 0 spiro atoms. The molecule has 0 bridgehead atoms. The smallest absolute Gasteiger partial charge is 0.116 e. The summed E-state index contributed by atoms with van der Waals surface area (Å²) in [5, 5.41) is 1.96. The summed E-state index contributed by atoms with van der Waals surface area (Å²) in [4.78, 5) is 4.12. The summed E-state index contributed by atoms with van der Waals surface area (Å²) >= 11 is 11.8. The van der Waals surface area contributed by atoms with Gasteiger partial charge in [0.1, 0.15) is 7.85 Å². The van der Waals surface area contributed by atoms with E-state index in [1.807, 2.05) is 0 Å². The molecule has 0 atom stereocenters. The Labute approximate surface area is 87.1 Å². The predicted molar refractivity (Wildman–Crippen MR) is 57.2 cm³/mol. The van der Waals surface area contributed by atoms with E-state index in [1.165, 1.54) is 0 Å². The molecule has 4 heteroatoms. The maximum Gasteiger partial charge on any atom is 0.116 e. The van der Waals surface area contributed by atoms with Crippen LogP contribution in [0.25, 0.3) is 10.9 Å². The van der Waals surface area contributed by atoms with E-state index in [1.54, 1.807) is 24.4 Å². The normalized spacial score (nSPS) is 10.6. The maximum atomic E-state index is 5.94. The third-order valence-electron chi connectivity index (χ3n) is 1.81. The molecule has 0 saturated heterocycles. The molecule has 1 aromatic carbocycles. The zero-order valence-electron chi connectivity index (χ0n) is 6.59. The van der Waals surface area contributed by atoms with E-state index >= 15 is 0 Å². The lowest BCUT2D eigenvalue weighted by atomic mass is 9.95. The number of pyridine rings is 1. The molecule has 0 aliphatic heterocycles. The molecule has 0 saturated carbocycles. The van der Waals surface area contributed by atoms with E-state index in [0.29, 0.717) is 15.5 Å². The molecule has 1 nitrogen and oxygen atoms in total. The van der Waals surface area contributed by atoms with Crippen molar-refractivity contribution < 1.29 is 0 Å². The summed E-state index contributed by atoms with van der Waals surface area (Å²) in [6.07, 6.45) is 1.64. The lowest BCUT2D eigenvalue weighted by Gasteiger charge is -2.02. The standard InChI is InChI=1S/C9H4BCl2N/c10-6-4-9-5(3-8(6)12)7(11)1-2-13-9/h1-4H. The van der Waals surface area contributed by atoms with E-state index < -0.39 is 0 Å². The minimum atomic E-state index is 0.502. The second-order valence-corrected chi connectivity index (χ2v) is 3.50. The minimum absolute atomic E-state index is 0.502. The van der Waals surface area contributed by atoms with Gasteiger partial charge in [0.05, 0.1) is 10.5 Å². The molecule has 1 heterocycles. The van der Waals surface area contributed by atoms with Gasteiger partial charge in [-0.2, -0.15) is 0 Å². The first-order chi connectivity index (χ1) is 6.18. The Morgan fingerprint density at radius 3 is 2.69 bits per heavy atom. The highest BCUT2D eigenvalue weighted by Gasteiger charge is 2.02. The molecule has 2 rings (SSSR count). The quantitative estimate of drug-likeness (QED) is 0.605. The van der Waals surface area contributed by atoms with Gasteiger partial charge in [-0.25, -0.2) is 0 Å². The highest BCUT2D eigenvalue weighted by Crippen LogP contribution is 2.22. The number of hydrogen-bond acceptors (Lipinski definition) is 1. The first-order valence-electron chi connectivity index (χ1n) is 3.68. The van der Waals surface area contributed by atoms with Gasteiger partial charge in [-0.15, -0.1) is 0 Å². The zero-order valence-corrected chi connectivity index (χ0v) is 8.10. The van der Waals surface area contributed by atoms with Crippen molar-refractivity contribution in [3.05, 3.63) is 34.4 Å². The number of rotatable bonds is 0. The Kier molecular flexibility index (Phi) is 2.18. The number of halogens is 2. The van der Waals surface area contributed by atoms with Crippen LogP contribution >= 0.6 is 23.2 Å². The second-order valence-electron chi connectivity index (χ2n) is 2.68. The minimum Gasteiger partial charge on any atom is -0.256 e. The molecule has 2 radical (unpaired) electrons. The van der Waals surface area contributed by atoms with Crippen LogP contribution in [0.15, 0.2) is 24.4 Å². The van der Waals surface area contributed by atoms with E-state index in [4.69, 9.17) is 31.0 Å². The van der Waals surface area contributed by atoms with Gasteiger partial charge in [0.15, 0.2) is 0 Å². The summed E-state index contributed by atoms with van der Waals surface area (Å²) in [6.45, 7) is 0. The predicted octanol–water partition coefficient (Wildman–Crippen LogP) is 2.34. The largest absolute Gasteiger partial charge is 0.256 e. The lowest BCUT2D eigenvalue weighted by Crippen LogP contribution is -2.03. The van der Waals surface area contributed by atoms with Crippen LogP contribution in [0.4, 0.5) is 0 Å². The van der Waals surface area contributed by atoms with Crippen molar-refractivity contribution in [3.63, 3.8) is 0 Å². The van der Waals surface area contributed by atoms with Crippen LogP contribution in [-0.2, 0) is 0 Å². The second kappa shape index (κ2) is 3.20. The van der Waals surface area contributed by atoms with E-state index in [2.05, 4.69) is 4.98 Å². The average Bonchev–Trinajstić information content (AvgIpc) is 2.09. The van der Waals surface area contributed by atoms with Gasteiger partial charge in [0.2, 0.25) is 0 Å². The molecule has 62 valence electrons. The maximum absolute atomic E-state index is 5.94. The molecule has 2 aromatic rings. The van der Waals surface area contributed by atoms with Crippen LogP contribution in [0.5, 0.6) is 0 Å². The van der Waals surface area contributed by atoms with E-state index in [0.717, 1.165) is 10.9 Å². The van der Waals surface area contributed by atoms with Crippen molar-refractivity contribution in [1.82, 2.24) is 4.98 Å². The van der Waals surface area contributed by atoms with Gasteiger partial charge in [-0.1, -0.05) is 28.7 Å². The van der Waals surface area contributed by atoms with Crippen molar-refractivity contribution in [2.75, 3.05) is 0 Å². The fourth-order valence-electron chi connectivity index (χ4n) is 1.15. The molecule has 0 amide bonds. The fraction of sp³-hybridized carbons (Fsp3) is 0. The molecule has 0 aliphatic carbocycles. The first-order valence-corrected chi connectivity index (χ1v) is 4.43. The molecule has 0 N–H and O–H groups in total. The Bertz CT molecular complexity index is 470. The number of nitrogens with zero attached hydrogens (tertiary/aromatic N) is 1. The van der Waals surface area contributed by atoms with Gasteiger partial charge < -0.3 is 0 Å². The molecular weight excluding hydrogens is 204 g/mol. The van der Waals surface area contributed by atoms with Gasteiger partial charge in [0.25, 0.3) is 0 Å². The van der Waals surface area contributed by atoms with Crippen LogP contribution in [-0.4, -0.2) is 12.8 Å². The molecule has 1 aromatic heterocycles. The third kappa shape index (κ3) is 1.52. The molecular formula is C9H4BCl2N. The fourth-order valence-corrected chi connectivity index (χ4v) is 1.52. The summed E-state index contributed by atoms with van der Waals surface area (Å²) in [6, 6.07) is 5.15. The Hall–Kier alpha value is -0.725. The van der Waals surface area contributed by atoms with Crippen molar-refractivity contribution in [2.45, 2.75) is 0 Å². The van der Waals surface area contributed by atoms with Crippen LogP contribution in [0, 0.1) is 0 Å². The van der Waals surface area contributed by atoms with Crippen LogP contribution < -0.4 is 5.46 Å². The van der Waals surface area contributed by atoms with Gasteiger partial charge in [-0.05, 0) is 18.2 Å². The number of benzene rings is 1. The van der Waals surface area contributed by atoms with Gasteiger partial charge in [0, 0.05) is 16.6 Å². The third-order valence-corrected chi connectivity index (χ3v) is 2.46. The first kappa shape index (κ1) is 8.85. The van der Waals surface area contributed by atoms with E-state index in [9.17, 15) is 0 Å². The van der Waals surface area contributed by atoms with E-state index in [-0.39, 0.29) is 0 Å². The van der Waals surface area contributed by atoms with Gasteiger partial charge >= 0.3 is 0 Å². The Balaban J connectivity index is 2.89. The average molecular weight is 208 g/mol. The van der Waals surface area contributed by atoms with Crippen LogP contribution in [0.3, 0.4) is 0 Å². The SMILES string of the molecule is [B]c1cc2nccc(Cl)c2cc1Cl. The van der Waals surface area contributed by atoms with Gasteiger partial charge in [-0.3, -0.25) is 4.98 Å². The monoisotopic (exact) mass is 207 g/mol. The van der Waals surface area contributed by atoms with Crippen molar-refractivity contribution in [3.8, 4) is 0 Å². The number of aromatic nitrogens is 1.